The van der Waals surface area contributed by atoms with Crippen LogP contribution in [0, 0.1) is 0 Å². The number of nitrogens with one attached hydrogen (secondary N) is 1. The summed E-state index contributed by atoms with van der Waals surface area (Å²) in [4.78, 5) is 0. The van der Waals surface area contributed by atoms with Crippen LogP contribution in [0.4, 0.5) is 0 Å². The highest BCUT2D eigenvalue weighted by molar-refractivity contribution is 6.30. The van der Waals surface area contributed by atoms with Crippen LogP contribution in [0.3, 0.4) is 0 Å². The fraction of sp³-hybridized carbons (Fsp3) is 0.438. The van der Waals surface area contributed by atoms with Gasteiger partial charge in [0.15, 0.2) is 0 Å². The van der Waals surface area contributed by atoms with E-state index in [0.29, 0.717) is 6.54 Å². The maximum absolute atomic E-state index is 10.6. The minimum absolute atomic E-state index is 0.159. The molecule has 1 aromatic carbocycles. The molecule has 2 rings (SSSR count). The van der Waals surface area contributed by atoms with E-state index in [4.69, 9.17) is 11.6 Å². The van der Waals surface area contributed by atoms with Crippen molar-refractivity contribution in [2.24, 2.45) is 7.05 Å². The Balaban J connectivity index is 2.06. The molecule has 5 heteroatoms. The van der Waals surface area contributed by atoms with Crippen LogP contribution in [0.2, 0.25) is 5.02 Å². The van der Waals surface area contributed by atoms with E-state index in [0.717, 1.165) is 22.6 Å². The topological polar surface area (TPSA) is 50.1 Å². The summed E-state index contributed by atoms with van der Waals surface area (Å²) in [6.45, 7) is 4.35. The van der Waals surface area contributed by atoms with Crippen molar-refractivity contribution in [1.29, 1.82) is 0 Å². The van der Waals surface area contributed by atoms with Gasteiger partial charge in [-0.3, -0.25) is 4.68 Å². The lowest BCUT2D eigenvalue weighted by molar-refractivity contribution is 0.0535. The van der Waals surface area contributed by atoms with Crippen molar-refractivity contribution in [3.63, 3.8) is 0 Å². The van der Waals surface area contributed by atoms with Crippen LogP contribution >= 0.6 is 11.6 Å². The molecule has 0 bridgehead atoms. The first-order chi connectivity index (χ1) is 9.92. The van der Waals surface area contributed by atoms with Gasteiger partial charge in [0.05, 0.1) is 6.20 Å². The zero-order valence-corrected chi connectivity index (χ0v) is 13.4. The highest BCUT2D eigenvalue weighted by Crippen LogP contribution is 2.23. The SMILES string of the molecule is CCC(NCC(C)(O)c1cnn(C)c1)c1cccc(Cl)c1. The normalized spacial score (nSPS) is 15.7. The van der Waals surface area contributed by atoms with E-state index in [-0.39, 0.29) is 6.04 Å². The molecule has 2 unspecified atom stereocenters. The van der Waals surface area contributed by atoms with Gasteiger partial charge in [-0.1, -0.05) is 30.7 Å². The third-order valence-corrected chi connectivity index (χ3v) is 3.91. The quantitative estimate of drug-likeness (QED) is 0.862. The molecular weight excluding hydrogens is 286 g/mol. The van der Waals surface area contributed by atoms with Crippen LogP contribution in [0.1, 0.15) is 37.4 Å². The molecule has 21 heavy (non-hydrogen) atoms. The van der Waals surface area contributed by atoms with Crippen molar-refractivity contribution < 1.29 is 5.11 Å². The smallest absolute Gasteiger partial charge is 0.102 e. The Morgan fingerprint density at radius 1 is 1.48 bits per heavy atom. The van der Waals surface area contributed by atoms with Crippen molar-refractivity contribution in [2.45, 2.75) is 31.9 Å². The molecule has 0 saturated carbocycles. The Morgan fingerprint density at radius 2 is 2.24 bits per heavy atom. The first-order valence-electron chi connectivity index (χ1n) is 7.12. The minimum atomic E-state index is -0.958. The molecule has 114 valence electrons. The standard InChI is InChI=1S/C16H22ClN3O/c1-4-15(12-6-5-7-14(17)8-12)18-11-16(2,21)13-9-19-20(3)10-13/h5-10,15,18,21H,4,11H2,1-3H3. The van der Waals surface area contributed by atoms with Gasteiger partial charge in [-0.05, 0) is 31.0 Å². The number of rotatable bonds is 6. The third kappa shape index (κ3) is 4.06. The van der Waals surface area contributed by atoms with Gasteiger partial charge in [-0.2, -0.15) is 5.10 Å². The molecule has 0 aliphatic heterocycles. The molecule has 0 fully saturated rings. The summed E-state index contributed by atoms with van der Waals surface area (Å²) in [5.74, 6) is 0. The Kier molecular flexibility index (Phi) is 5.04. The number of halogens is 1. The lowest BCUT2D eigenvalue weighted by Gasteiger charge is -2.26. The van der Waals surface area contributed by atoms with Crippen molar-refractivity contribution in [3.05, 3.63) is 52.8 Å². The summed E-state index contributed by atoms with van der Waals surface area (Å²) in [7, 11) is 1.84. The monoisotopic (exact) mass is 307 g/mol. The highest BCUT2D eigenvalue weighted by atomic mass is 35.5. The number of nitrogens with zero attached hydrogens (tertiary/aromatic N) is 2. The van der Waals surface area contributed by atoms with Crippen LogP contribution in [0.25, 0.3) is 0 Å². The molecule has 0 radical (unpaired) electrons. The predicted octanol–water partition coefficient (Wildman–Crippen LogP) is 3.02. The van der Waals surface area contributed by atoms with Crippen molar-refractivity contribution in [3.8, 4) is 0 Å². The average molecular weight is 308 g/mol. The van der Waals surface area contributed by atoms with Gasteiger partial charge in [-0.15, -0.1) is 0 Å². The summed E-state index contributed by atoms with van der Waals surface area (Å²) in [6.07, 6.45) is 4.45. The van der Waals surface area contributed by atoms with Gasteiger partial charge in [0, 0.05) is 36.4 Å². The second-order valence-corrected chi connectivity index (χ2v) is 6.01. The van der Waals surface area contributed by atoms with Gasteiger partial charge in [0.25, 0.3) is 0 Å². The van der Waals surface area contributed by atoms with E-state index in [1.54, 1.807) is 17.8 Å². The van der Waals surface area contributed by atoms with Crippen LogP contribution in [0.5, 0.6) is 0 Å². The average Bonchev–Trinajstić information content (AvgIpc) is 2.87. The second kappa shape index (κ2) is 6.60. The van der Waals surface area contributed by atoms with E-state index in [2.05, 4.69) is 17.3 Å². The van der Waals surface area contributed by atoms with Gasteiger partial charge in [-0.25, -0.2) is 0 Å². The predicted molar refractivity (Wildman–Crippen MR) is 85.3 cm³/mol. The zero-order valence-electron chi connectivity index (χ0n) is 12.7. The molecular formula is C16H22ClN3O. The van der Waals surface area contributed by atoms with E-state index >= 15 is 0 Å². The zero-order chi connectivity index (χ0) is 15.5. The molecule has 0 aliphatic rings. The number of benzene rings is 1. The minimum Gasteiger partial charge on any atom is -0.384 e. The van der Waals surface area contributed by atoms with Crippen molar-refractivity contribution in [1.82, 2.24) is 15.1 Å². The number of hydrogen-bond donors (Lipinski definition) is 2. The van der Waals surface area contributed by atoms with Crippen LogP contribution in [-0.2, 0) is 12.6 Å². The van der Waals surface area contributed by atoms with Crippen LogP contribution in [-0.4, -0.2) is 21.4 Å². The number of hydrogen-bond acceptors (Lipinski definition) is 3. The molecule has 2 aromatic rings. The van der Waals surface area contributed by atoms with E-state index < -0.39 is 5.60 Å². The fourth-order valence-corrected chi connectivity index (χ4v) is 2.54. The van der Waals surface area contributed by atoms with Crippen LogP contribution in [0.15, 0.2) is 36.7 Å². The molecule has 0 spiro atoms. The van der Waals surface area contributed by atoms with Gasteiger partial charge in [0.2, 0.25) is 0 Å². The van der Waals surface area contributed by atoms with E-state index in [9.17, 15) is 5.11 Å². The number of aliphatic hydroxyl groups is 1. The Morgan fingerprint density at radius 3 is 2.81 bits per heavy atom. The summed E-state index contributed by atoms with van der Waals surface area (Å²) < 4.78 is 1.69. The summed E-state index contributed by atoms with van der Waals surface area (Å²) in [5.41, 5.74) is 0.978. The van der Waals surface area contributed by atoms with Gasteiger partial charge >= 0.3 is 0 Å². The summed E-state index contributed by atoms with van der Waals surface area (Å²) >= 11 is 6.05. The molecule has 2 atom stereocenters. The second-order valence-electron chi connectivity index (χ2n) is 5.57. The summed E-state index contributed by atoms with van der Waals surface area (Å²) in [6, 6.07) is 7.98. The highest BCUT2D eigenvalue weighted by Gasteiger charge is 2.25. The third-order valence-electron chi connectivity index (χ3n) is 3.68. The maximum atomic E-state index is 10.6. The van der Waals surface area contributed by atoms with Gasteiger partial charge < -0.3 is 10.4 Å². The first kappa shape index (κ1) is 16.0. The maximum Gasteiger partial charge on any atom is 0.102 e. The van der Waals surface area contributed by atoms with E-state index in [1.807, 2.05) is 37.5 Å². The lowest BCUT2D eigenvalue weighted by atomic mass is 9.97. The molecule has 1 aromatic heterocycles. The Hall–Kier alpha value is -1.36. The first-order valence-corrected chi connectivity index (χ1v) is 7.50. The lowest BCUT2D eigenvalue weighted by Crippen LogP contribution is -2.37. The molecule has 4 nitrogen and oxygen atoms in total. The van der Waals surface area contributed by atoms with Crippen molar-refractivity contribution >= 4 is 11.6 Å². The summed E-state index contributed by atoms with van der Waals surface area (Å²) in [5, 5.41) is 18.9. The van der Waals surface area contributed by atoms with Gasteiger partial charge in [0.1, 0.15) is 5.60 Å². The molecule has 0 saturated heterocycles. The number of aromatic nitrogens is 2. The largest absolute Gasteiger partial charge is 0.384 e. The molecule has 0 aliphatic carbocycles. The van der Waals surface area contributed by atoms with Crippen LogP contribution < -0.4 is 5.32 Å². The Labute approximate surface area is 130 Å². The number of aryl methyl sites for hydroxylation is 1. The molecule has 0 amide bonds. The van der Waals surface area contributed by atoms with Crippen molar-refractivity contribution in [2.75, 3.05) is 6.54 Å². The van der Waals surface area contributed by atoms with E-state index in [1.165, 1.54) is 0 Å². The molecule has 1 heterocycles. The Bertz CT molecular complexity index is 595. The fourth-order valence-electron chi connectivity index (χ4n) is 2.34. The molecule has 2 N–H and O–H groups in total.